The van der Waals surface area contributed by atoms with Crippen LogP contribution < -0.4 is 15.5 Å². The van der Waals surface area contributed by atoms with Crippen molar-refractivity contribution in [2.24, 2.45) is 0 Å². The number of carbonyl (C=O) groups is 1. The third-order valence-corrected chi connectivity index (χ3v) is 5.56. The number of nitrogens with zero attached hydrogens (tertiary/aromatic N) is 3. The summed E-state index contributed by atoms with van der Waals surface area (Å²) in [5, 5.41) is 8.45. The minimum atomic E-state index is -0.136. The van der Waals surface area contributed by atoms with E-state index in [1.54, 1.807) is 0 Å². The molecule has 0 saturated carbocycles. The van der Waals surface area contributed by atoms with Crippen LogP contribution in [-0.2, 0) is 4.74 Å². The second-order valence-electron chi connectivity index (χ2n) is 8.01. The summed E-state index contributed by atoms with van der Waals surface area (Å²) in [7, 11) is 0. The fourth-order valence-corrected chi connectivity index (χ4v) is 3.84. The van der Waals surface area contributed by atoms with Crippen LogP contribution in [0.5, 0.6) is 0 Å². The SMILES string of the molecule is Cc1cc(Nc2ccc(NC(=O)c3ccc4ccccc4c3)cc2)nc(N2CCOCC2)n1. The number of anilines is 4. The van der Waals surface area contributed by atoms with E-state index in [4.69, 9.17) is 4.74 Å². The zero-order chi connectivity index (χ0) is 22.6. The van der Waals surface area contributed by atoms with E-state index in [9.17, 15) is 4.79 Å². The topological polar surface area (TPSA) is 79.4 Å². The maximum Gasteiger partial charge on any atom is 0.255 e. The van der Waals surface area contributed by atoms with Gasteiger partial charge in [0.1, 0.15) is 5.82 Å². The number of carbonyl (C=O) groups excluding carboxylic acids is 1. The number of benzene rings is 3. The van der Waals surface area contributed by atoms with Gasteiger partial charge < -0.3 is 20.3 Å². The van der Waals surface area contributed by atoms with Crippen molar-refractivity contribution in [2.75, 3.05) is 41.8 Å². The van der Waals surface area contributed by atoms with Gasteiger partial charge in [-0.2, -0.15) is 4.98 Å². The van der Waals surface area contributed by atoms with Crippen LogP contribution in [-0.4, -0.2) is 42.2 Å². The quantitative estimate of drug-likeness (QED) is 0.466. The molecule has 1 amide bonds. The summed E-state index contributed by atoms with van der Waals surface area (Å²) in [5.41, 5.74) is 3.13. The van der Waals surface area contributed by atoms with Crippen LogP contribution >= 0.6 is 0 Å². The first-order valence-corrected chi connectivity index (χ1v) is 11.0. The lowest BCUT2D eigenvalue weighted by Crippen LogP contribution is -2.37. The summed E-state index contributed by atoms with van der Waals surface area (Å²) in [6.45, 7) is 4.91. The van der Waals surface area contributed by atoms with Gasteiger partial charge in [0, 0.05) is 41.8 Å². The first-order valence-electron chi connectivity index (χ1n) is 11.0. The van der Waals surface area contributed by atoms with Gasteiger partial charge >= 0.3 is 0 Å². The van der Waals surface area contributed by atoms with E-state index in [-0.39, 0.29) is 5.91 Å². The third-order valence-electron chi connectivity index (χ3n) is 5.56. The summed E-state index contributed by atoms with van der Waals surface area (Å²) in [5.74, 6) is 1.31. The predicted molar refractivity (Wildman–Crippen MR) is 131 cm³/mol. The summed E-state index contributed by atoms with van der Waals surface area (Å²) in [6, 6.07) is 23.2. The Morgan fingerprint density at radius 1 is 0.879 bits per heavy atom. The number of nitrogens with one attached hydrogen (secondary N) is 2. The van der Waals surface area contributed by atoms with Crippen LogP contribution in [0.3, 0.4) is 0 Å². The maximum absolute atomic E-state index is 12.7. The smallest absolute Gasteiger partial charge is 0.255 e. The van der Waals surface area contributed by atoms with E-state index in [1.807, 2.05) is 79.7 Å². The molecule has 0 atom stereocenters. The van der Waals surface area contributed by atoms with E-state index in [0.717, 1.165) is 46.7 Å². The molecule has 1 aromatic heterocycles. The van der Waals surface area contributed by atoms with Crippen molar-refractivity contribution < 1.29 is 9.53 Å². The Balaban J connectivity index is 1.26. The molecule has 7 heteroatoms. The normalized spacial score (nSPS) is 13.7. The van der Waals surface area contributed by atoms with Crippen LogP contribution in [0.15, 0.2) is 72.8 Å². The first kappa shape index (κ1) is 20.9. The van der Waals surface area contributed by atoms with Crippen LogP contribution in [0.4, 0.5) is 23.1 Å². The van der Waals surface area contributed by atoms with Crippen molar-refractivity contribution in [1.29, 1.82) is 0 Å². The van der Waals surface area contributed by atoms with Gasteiger partial charge in [0.05, 0.1) is 13.2 Å². The number of hydrogen-bond donors (Lipinski definition) is 2. The van der Waals surface area contributed by atoms with Crippen LogP contribution in [0.25, 0.3) is 10.8 Å². The van der Waals surface area contributed by atoms with Gasteiger partial charge in [0.2, 0.25) is 5.95 Å². The molecule has 1 saturated heterocycles. The van der Waals surface area contributed by atoms with Gasteiger partial charge in [0.25, 0.3) is 5.91 Å². The van der Waals surface area contributed by atoms with Crippen LogP contribution in [0.1, 0.15) is 16.1 Å². The molecule has 2 N–H and O–H groups in total. The molecule has 4 aromatic rings. The average Bonchev–Trinajstić information content (AvgIpc) is 2.85. The number of rotatable bonds is 5. The molecule has 7 nitrogen and oxygen atoms in total. The zero-order valence-electron chi connectivity index (χ0n) is 18.4. The van der Waals surface area contributed by atoms with Crippen molar-refractivity contribution in [3.63, 3.8) is 0 Å². The molecule has 166 valence electrons. The van der Waals surface area contributed by atoms with E-state index in [2.05, 4.69) is 25.5 Å². The molecule has 0 unspecified atom stereocenters. The average molecular weight is 440 g/mol. The highest BCUT2D eigenvalue weighted by atomic mass is 16.5. The minimum Gasteiger partial charge on any atom is -0.378 e. The number of hydrogen-bond acceptors (Lipinski definition) is 6. The standard InChI is InChI=1S/C26H25N5O2/c1-18-16-24(30-26(27-18)31-12-14-33-15-13-31)28-22-8-10-23(11-9-22)29-25(32)21-7-6-19-4-2-3-5-20(19)17-21/h2-11,16-17H,12-15H2,1H3,(H,29,32)(H,27,28,30). The lowest BCUT2D eigenvalue weighted by molar-refractivity contribution is 0.102. The van der Waals surface area contributed by atoms with Crippen molar-refractivity contribution in [1.82, 2.24) is 9.97 Å². The molecular weight excluding hydrogens is 414 g/mol. The molecule has 0 spiro atoms. The lowest BCUT2D eigenvalue weighted by atomic mass is 10.1. The highest BCUT2D eigenvalue weighted by molar-refractivity contribution is 6.06. The second-order valence-corrected chi connectivity index (χ2v) is 8.01. The van der Waals surface area contributed by atoms with E-state index in [0.29, 0.717) is 24.7 Å². The van der Waals surface area contributed by atoms with Gasteiger partial charge in [-0.1, -0.05) is 30.3 Å². The Bertz CT molecular complexity index is 1280. The van der Waals surface area contributed by atoms with Crippen molar-refractivity contribution in [3.05, 3.63) is 84.1 Å². The Morgan fingerprint density at radius 3 is 2.39 bits per heavy atom. The van der Waals surface area contributed by atoms with E-state index >= 15 is 0 Å². The highest BCUT2D eigenvalue weighted by Gasteiger charge is 2.15. The van der Waals surface area contributed by atoms with Gasteiger partial charge in [-0.3, -0.25) is 4.79 Å². The minimum absolute atomic E-state index is 0.136. The monoisotopic (exact) mass is 439 g/mol. The van der Waals surface area contributed by atoms with Gasteiger partial charge in [-0.25, -0.2) is 4.98 Å². The third kappa shape index (κ3) is 4.94. The molecule has 1 fully saturated rings. The summed E-state index contributed by atoms with van der Waals surface area (Å²) in [4.78, 5) is 24.1. The number of aromatic nitrogens is 2. The molecule has 1 aliphatic rings. The molecule has 2 heterocycles. The molecule has 33 heavy (non-hydrogen) atoms. The Kier molecular flexibility index (Phi) is 5.87. The zero-order valence-corrected chi connectivity index (χ0v) is 18.4. The largest absolute Gasteiger partial charge is 0.378 e. The van der Waals surface area contributed by atoms with E-state index < -0.39 is 0 Å². The molecule has 0 bridgehead atoms. The number of fused-ring (bicyclic) bond motifs is 1. The van der Waals surface area contributed by atoms with Crippen LogP contribution in [0.2, 0.25) is 0 Å². The van der Waals surface area contributed by atoms with Crippen molar-refractivity contribution >= 4 is 39.8 Å². The molecule has 0 radical (unpaired) electrons. The molecule has 1 aliphatic heterocycles. The number of morpholine rings is 1. The fraction of sp³-hybridized carbons (Fsp3) is 0.192. The molecular formula is C26H25N5O2. The summed E-state index contributed by atoms with van der Waals surface area (Å²) >= 11 is 0. The van der Waals surface area contributed by atoms with E-state index in [1.165, 1.54) is 0 Å². The second kappa shape index (κ2) is 9.26. The fourth-order valence-electron chi connectivity index (χ4n) is 3.84. The number of aryl methyl sites for hydroxylation is 1. The van der Waals surface area contributed by atoms with Gasteiger partial charge in [-0.15, -0.1) is 0 Å². The Hall–Kier alpha value is -3.97. The van der Waals surface area contributed by atoms with Crippen molar-refractivity contribution in [2.45, 2.75) is 6.92 Å². The molecule has 5 rings (SSSR count). The highest BCUT2D eigenvalue weighted by Crippen LogP contribution is 2.22. The lowest BCUT2D eigenvalue weighted by Gasteiger charge is -2.27. The molecule has 0 aliphatic carbocycles. The molecule has 3 aromatic carbocycles. The summed E-state index contributed by atoms with van der Waals surface area (Å²) < 4.78 is 5.42. The Labute approximate surface area is 192 Å². The Morgan fingerprint density at radius 2 is 1.61 bits per heavy atom. The van der Waals surface area contributed by atoms with Gasteiger partial charge in [-0.05, 0) is 54.1 Å². The number of ether oxygens (including phenoxy) is 1. The van der Waals surface area contributed by atoms with Crippen LogP contribution in [0, 0.1) is 6.92 Å². The predicted octanol–water partition coefficient (Wildman–Crippen LogP) is 4.77. The number of amides is 1. The first-order chi connectivity index (χ1) is 16.1. The van der Waals surface area contributed by atoms with Crippen molar-refractivity contribution in [3.8, 4) is 0 Å². The van der Waals surface area contributed by atoms with Gasteiger partial charge in [0.15, 0.2) is 0 Å². The maximum atomic E-state index is 12.7. The summed E-state index contributed by atoms with van der Waals surface area (Å²) in [6.07, 6.45) is 0.